The van der Waals surface area contributed by atoms with E-state index in [1.165, 1.54) is 5.01 Å². The lowest BCUT2D eigenvalue weighted by atomic mass is 9.98. The molecule has 0 spiro atoms. The molecule has 5 heteroatoms. The number of hydrogen-bond acceptors (Lipinski definition) is 3. The van der Waals surface area contributed by atoms with Crippen molar-refractivity contribution < 1.29 is 0 Å². The maximum atomic E-state index is 5.94. The zero-order valence-corrected chi connectivity index (χ0v) is 13.5. The molecule has 108 valence electrons. The molecule has 0 saturated heterocycles. The van der Waals surface area contributed by atoms with Crippen molar-refractivity contribution in [2.24, 2.45) is 10.7 Å². The van der Waals surface area contributed by atoms with E-state index in [4.69, 9.17) is 5.73 Å². The SMILES string of the molecule is CCN(CC)C(N)=NCCc1csc(C(C)(C)C)n1. The largest absolute Gasteiger partial charge is 0.370 e. The molecule has 19 heavy (non-hydrogen) atoms. The van der Waals surface area contributed by atoms with Crippen LogP contribution in [0.15, 0.2) is 10.4 Å². The van der Waals surface area contributed by atoms with Crippen LogP contribution in [0.1, 0.15) is 45.3 Å². The molecule has 2 N–H and O–H groups in total. The van der Waals surface area contributed by atoms with E-state index < -0.39 is 0 Å². The highest BCUT2D eigenvalue weighted by Gasteiger charge is 2.17. The van der Waals surface area contributed by atoms with E-state index in [0.717, 1.165) is 25.2 Å². The quantitative estimate of drug-likeness (QED) is 0.667. The smallest absolute Gasteiger partial charge is 0.191 e. The lowest BCUT2D eigenvalue weighted by molar-refractivity contribution is 0.458. The minimum absolute atomic E-state index is 0.131. The van der Waals surface area contributed by atoms with E-state index in [1.54, 1.807) is 11.3 Å². The first kappa shape index (κ1) is 16.0. The van der Waals surface area contributed by atoms with Crippen molar-refractivity contribution in [2.75, 3.05) is 19.6 Å². The van der Waals surface area contributed by atoms with Crippen LogP contribution in [0.4, 0.5) is 0 Å². The van der Waals surface area contributed by atoms with Crippen molar-refractivity contribution in [2.45, 2.75) is 46.5 Å². The molecule has 0 radical (unpaired) electrons. The van der Waals surface area contributed by atoms with Crippen LogP contribution in [0.5, 0.6) is 0 Å². The molecule has 1 aromatic heterocycles. The Kier molecular flexibility index (Phi) is 5.79. The molecule has 0 aromatic carbocycles. The maximum absolute atomic E-state index is 5.94. The molecule has 1 heterocycles. The zero-order chi connectivity index (χ0) is 14.5. The summed E-state index contributed by atoms with van der Waals surface area (Å²) in [7, 11) is 0. The normalized spacial score (nSPS) is 12.8. The first-order chi connectivity index (χ1) is 8.88. The number of aromatic nitrogens is 1. The molecule has 0 saturated carbocycles. The second-order valence-corrected chi connectivity index (χ2v) is 6.41. The Labute approximate surface area is 120 Å². The van der Waals surface area contributed by atoms with Gasteiger partial charge < -0.3 is 10.6 Å². The van der Waals surface area contributed by atoms with Crippen molar-refractivity contribution >= 4 is 17.3 Å². The summed E-state index contributed by atoms with van der Waals surface area (Å²) in [5, 5.41) is 3.31. The Bertz CT molecular complexity index is 413. The van der Waals surface area contributed by atoms with E-state index in [9.17, 15) is 0 Å². The van der Waals surface area contributed by atoms with Gasteiger partial charge in [-0.05, 0) is 13.8 Å². The van der Waals surface area contributed by atoms with Gasteiger partial charge in [0.15, 0.2) is 5.96 Å². The van der Waals surface area contributed by atoms with E-state index >= 15 is 0 Å². The third-order valence-electron chi connectivity index (χ3n) is 2.92. The van der Waals surface area contributed by atoms with E-state index in [0.29, 0.717) is 12.5 Å². The highest BCUT2D eigenvalue weighted by atomic mass is 32.1. The first-order valence-corrected chi connectivity index (χ1v) is 7.76. The monoisotopic (exact) mass is 282 g/mol. The van der Waals surface area contributed by atoms with Crippen LogP contribution in [0, 0.1) is 0 Å². The van der Waals surface area contributed by atoms with E-state index in [1.807, 2.05) is 0 Å². The number of aliphatic imine (C=N–C) groups is 1. The van der Waals surface area contributed by atoms with Gasteiger partial charge in [-0.2, -0.15) is 0 Å². The van der Waals surface area contributed by atoms with Crippen molar-refractivity contribution in [1.29, 1.82) is 0 Å². The number of nitrogens with two attached hydrogens (primary N) is 1. The number of rotatable bonds is 5. The van der Waals surface area contributed by atoms with Crippen molar-refractivity contribution in [1.82, 2.24) is 9.88 Å². The Morgan fingerprint density at radius 3 is 2.47 bits per heavy atom. The van der Waals surface area contributed by atoms with Gasteiger partial charge in [-0.1, -0.05) is 20.8 Å². The molecule has 0 aliphatic heterocycles. The van der Waals surface area contributed by atoms with Gasteiger partial charge in [0, 0.05) is 36.9 Å². The molecule has 0 amide bonds. The van der Waals surface area contributed by atoms with Gasteiger partial charge >= 0.3 is 0 Å². The summed E-state index contributed by atoms with van der Waals surface area (Å²) in [6, 6.07) is 0. The lowest BCUT2D eigenvalue weighted by Gasteiger charge is -2.19. The van der Waals surface area contributed by atoms with Gasteiger partial charge in [-0.3, -0.25) is 4.99 Å². The third kappa shape index (κ3) is 4.82. The van der Waals surface area contributed by atoms with Crippen LogP contribution in [-0.2, 0) is 11.8 Å². The number of thiazole rings is 1. The zero-order valence-electron chi connectivity index (χ0n) is 12.7. The highest BCUT2D eigenvalue weighted by Crippen LogP contribution is 2.25. The van der Waals surface area contributed by atoms with Crippen molar-refractivity contribution in [3.05, 3.63) is 16.1 Å². The van der Waals surface area contributed by atoms with Crippen LogP contribution >= 0.6 is 11.3 Å². The average molecular weight is 282 g/mol. The van der Waals surface area contributed by atoms with Gasteiger partial charge in [0.1, 0.15) is 0 Å². The molecule has 0 bridgehead atoms. The molecule has 0 aliphatic carbocycles. The van der Waals surface area contributed by atoms with Gasteiger partial charge in [-0.25, -0.2) is 4.98 Å². The van der Waals surface area contributed by atoms with Crippen molar-refractivity contribution in [3.8, 4) is 0 Å². The van der Waals surface area contributed by atoms with Gasteiger partial charge in [-0.15, -0.1) is 11.3 Å². The summed E-state index contributed by atoms with van der Waals surface area (Å²) in [5.41, 5.74) is 7.18. The number of guanidine groups is 1. The summed E-state index contributed by atoms with van der Waals surface area (Å²) in [5.74, 6) is 0.635. The van der Waals surface area contributed by atoms with E-state index in [2.05, 4.69) is 54.9 Å². The third-order valence-corrected chi connectivity index (χ3v) is 4.24. The van der Waals surface area contributed by atoms with Crippen LogP contribution in [0.2, 0.25) is 0 Å². The molecule has 0 unspecified atom stereocenters. The maximum Gasteiger partial charge on any atom is 0.191 e. The average Bonchev–Trinajstić information content (AvgIpc) is 2.79. The molecule has 1 rings (SSSR count). The highest BCUT2D eigenvalue weighted by molar-refractivity contribution is 7.09. The summed E-state index contributed by atoms with van der Waals surface area (Å²) in [4.78, 5) is 11.1. The molecule has 0 atom stereocenters. The summed E-state index contributed by atoms with van der Waals surface area (Å²) >= 11 is 1.73. The minimum atomic E-state index is 0.131. The Hall–Kier alpha value is -1.10. The molecule has 1 aromatic rings. The van der Waals surface area contributed by atoms with Crippen LogP contribution in [0.3, 0.4) is 0 Å². The van der Waals surface area contributed by atoms with Crippen LogP contribution in [0.25, 0.3) is 0 Å². The molecule has 0 aliphatic rings. The fourth-order valence-corrected chi connectivity index (χ4v) is 2.64. The molecular formula is C14H26N4S. The first-order valence-electron chi connectivity index (χ1n) is 6.88. The second-order valence-electron chi connectivity index (χ2n) is 5.56. The topological polar surface area (TPSA) is 54.5 Å². The van der Waals surface area contributed by atoms with E-state index in [-0.39, 0.29) is 5.41 Å². The van der Waals surface area contributed by atoms with Gasteiger partial charge in [0.25, 0.3) is 0 Å². The number of nitrogens with zero attached hydrogens (tertiary/aromatic N) is 3. The lowest BCUT2D eigenvalue weighted by Crippen LogP contribution is -2.37. The second kappa shape index (κ2) is 6.89. The number of hydrogen-bond donors (Lipinski definition) is 1. The summed E-state index contributed by atoms with van der Waals surface area (Å²) < 4.78 is 0. The van der Waals surface area contributed by atoms with Gasteiger partial charge in [0.2, 0.25) is 0 Å². The predicted octanol–water partition coefficient (Wildman–Crippen LogP) is 2.64. The Morgan fingerprint density at radius 2 is 2.00 bits per heavy atom. The summed E-state index contributed by atoms with van der Waals surface area (Å²) in [6.07, 6.45) is 0.856. The van der Waals surface area contributed by atoms with Gasteiger partial charge in [0.05, 0.1) is 10.7 Å². The van der Waals surface area contributed by atoms with Crippen molar-refractivity contribution in [3.63, 3.8) is 0 Å². The summed E-state index contributed by atoms with van der Waals surface area (Å²) in [6.45, 7) is 13.2. The van der Waals surface area contributed by atoms with Crippen LogP contribution in [-0.4, -0.2) is 35.5 Å². The fourth-order valence-electron chi connectivity index (χ4n) is 1.70. The molecular weight excluding hydrogens is 256 g/mol. The Balaban J connectivity index is 2.54. The molecule has 0 fully saturated rings. The predicted molar refractivity (Wildman–Crippen MR) is 83.9 cm³/mol. The molecule has 4 nitrogen and oxygen atoms in total. The fraction of sp³-hybridized carbons (Fsp3) is 0.714. The Morgan fingerprint density at radius 1 is 1.37 bits per heavy atom. The van der Waals surface area contributed by atoms with Crippen LogP contribution < -0.4 is 5.73 Å². The minimum Gasteiger partial charge on any atom is -0.370 e. The standard InChI is InChI=1S/C14H26N4S/c1-6-18(7-2)13(15)16-9-8-11-10-19-12(17-11)14(3,4)5/h10H,6-9H2,1-5H3,(H2,15,16).